The average molecular weight is 227 g/mol. The van der Waals surface area contributed by atoms with Gasteiger partial charge in [-0.05, 0) is 6.42 Å². The minimum absolute atomic E-state index is 0.0443. The number of cyclic esters (lactones) is 1. The summed E-state index contributed by atoms with van der Waals surface area (Å²) in [6.45, 7) is 4.32. The molecule has 2 aliphatic heterocycles. The van der Waals surface area contributed by atoms with Gasteiger partial charge in [0, 0.05) is 19.0 Å². The van der Waals surface area contributed by atoms with Gasteiger partial charge in [-0.1, -0.05) is 6.92 Å². The van der Waals surface area contributed by atoms with E-state index in [1.165, 1.54) is 0 Å². The van der Waals surface area contributed by atoms with Gasteiger partial charge in [0.25, 0.3) is 5.91 Å². The van der Waals surface area contributed by atoms with E-state index in [0.29, 0.717) is 32.7 Å². The molecule has 90 valence electrons. The molecule has 0 aromatic heterocycles. The lowest BCUT2D eigenvalue weighted by Gasteiger charge is -2.29. The monoisotopic (exact) mass is 227 g/mol. The molecular formula is C11H17NO4. The van der Waals surface area contributed by atoms with Crippen molar-refractivity contribution in [3.63, 3.8) is 0 Å². The molecule has 1 amide bonds. The maximum absolute atomic E-state index is 12.1. The molecule has 0 aliphatic carbocycles. The summed E-state index contributed by atoms with van der Waals surface area (Å²) in [5, 5.41) is 0. The molecule has 0 N–H and O–H groups in total. The molecule has 0 saturated carbocycles. The highest BCUT2D eigenvalue weighted by Crippen LogP contribution is 2.26. The highest BCUT2D eigenvalue weighted by molar-refractivity contribution is 5.87. The number of esters is 1. The van der Waals surface area contributed by atoms with Crippen LogP contribution in [0.15, 0.2) is 0 Å². The summed E-state index contributed by atoms with van der Waals surface area (Å²) in [5.41, 5.74) is 0. The number of nitrogens with zero attached hydrogens (tertiary/aromatic N) is 1. The van der Waals surface area contributed by atoms with E-state index in [-0.39, 0.29) is 17.8 Å². The van der Waals surface area contributed by atoms with Crippen molar-refractivity contribution in [2.45, 2.75) is 25.9 Å². The summed E-state index contributed by atoms with van der Waals surface area (Å²) in [4.78, 5) is 25.0. The van der Waals surface area contributed by atoms with Gasteiger partial charge in [-0.25, -0.2) is 0 Å². The number of hydrogen-bond donors (Lipinski definition) is 0. The van der Waals surface area contributed by atoms with Gasteiger partial charge in [-0.3, -0.25) is 9.59 Å². The van der Waals surface area contributed by atoms with Gasteiger partial charge in [0.2, 0.25) is 0 Å². The van der Waals surface area contributed by atoms with E-state index in [2.05, 4.69) is 0 Å². The molecule has 0 aromatic carbocycles. The molecule has 0 radical (unpaired) electrons. The van der Waals surface area contributed by atoms with Crippen molar-refractivity contribution in [3.8, 4) is 0 Å². The van der Waals surface area contributed by atoms with E-state index in [4.69, 9.17) is 9.47 Å². The number of carbonyl (C=O) groups is 2. The first-order valence-electron chi connectivity index (χ1n) is 5.78. The molecule has 2 rings (SSSR count). The Kier molecular flexibility index (Phi) is 3.43. The number of morpholine rings is 1. The fourth-order valence-electron chi connectivity index (χ4n) is 2.18. The quantitative estimate of drug-likeness (QED) is 0.632. The molecular weight excluding hydrogens is 210 g/mol. The molecule has 5 heteroatoms. The third kappa shape index (κ3) is 2.19. The maximum atomic E-state index is 12.1. The van der Waals surface area contributed by atoms with Crippen LogP contribution in [0.25, 0.3) is 0 Å². The second kappa shape index (κ2) is 4.82. The van der Waals surface area contributed by atoms with Crippen molar-refractivity contribution in [1.29, 1.82) is 0 Å². The van der Waals surface area contributed by atoms with Gasteiger partial charge >= 0.3 is 5.97 Å². The van der Waals surface area contributed by atoms with Crippen LogP contribution >= 0.6 is 0 Å². The molecule has 0 unspecified atom stereocenters. The Bertz CT molecular complexity index is 286. The normalized spacial score (nSPS) is 30.3. The lowest BCUT2D eigenvalue weighted by molar-refractivity contribution is -0.156. The van der Waals surface area contributed by atoms with Crippen molar-refractivity contribution in [2.24, 2.45) is 5.92 Å². The van der Waals surface area contributed by atoms with Crippen molar-refractivity contribution in [1.82, 2.24) is 4.90 Å². The van der Waals surface area contributed by atoms with Gasteiger partial charge in [-0.15, -0.1) is 0 Å². The first-order valence-corrected chi connectivity index (χ1v) is 5.78. The van der Waals surface area contributed by atoms with Crippen LogP contribution in [0.3, 0.4) is 0 Å². The minimum Gasteiger partial charge on any atom is -0.452 e. The summed E-state index contributed by atoms with van der Waals surface area (Å²) in [6.07, 6.45) is 0.611. The average Bonchev–Trinajstić information content (AvgIpc) is 2.70. The molecule has 0 spiro atoms. The molecule has 2 saturated heterocycles. The highest BCUT2D eigenvalue weighted by Gasteiger charge is 2.40. The van der Waals surface area contributed by atoms with E-state index >= 15 is 0 Å². The largest absolute Gasteiger partial charge is 0.452 e. The summed E-state index contributed by atoms with van der Waals surface area (Å²) >= 11 is 0. The minimum atomic E-state index is -0.560. The van der Waals surface area contributed by atoms with Gasteiger partial charge in [0.1, 0.15) is 0 Å². The molecule has 2 heterocycles. The summed E-state index contributed by atoms with van der Waals surface area (Å²) in [7, 11) is 0. The van der Waals surface area contributed by atoms with E-state index in [1.807, 2.05) is 6.92 Å². The number of rotatable bonds is 2. The number of amides is 1. The molecule has 16 heavy (non-hydrogen) atoms. The molecule has 5 nitrogen and oxygen atoms in total. The Morgan fingerprint density at radius 1 is 1.44 bits per heavy atom. The van der Waals surface area contributed by atoms with Crippen LogP contribution in [0.2, 0.25) is 0 Å². The second-order valence-corrected chi connectivity index (χ2v) is 4.22. The van der Waals surface area contributed by atoms with Crippen molar-refractivity contribution < 1.29 is 19.1 Å². The molecule has 0 bridgehead atoms. The van der Waals surface area contributed by atoms with Crippen LogP contribution in [0.4, 0.5) is 0 Å². The number of carbonyl (C=O) groups excluding carboxylic acids is 2. The Morgan fingerprint density at radius 2 is 2.12 bits per heavy atom. The fraction of sp³-hybridized carbons (Fsp3) is 0.818. The highest BCUT2D eigenvalue weighted by atomic mass is 16.6. The Balaban J connectivity index is 1.99. The topological polar surface area (TPSA) is 55.8 Å². The molecule has 2 atom stereocenters. The Labute approximate surface area is 94.7 Å². The number of hydrogen-bond acceptors (Lipinski definition) is 4. The predicted molar refractivity (Wildman–Crippen MR) is 55.7 cm³/mol. The van der Waals surface area contributed by atoms with Crippen molar-refractivity contribution in [2.75, 3.05) is 26.3 Å². The predicted octanol–water partition coefficient (Wildman–Crippen LogP) is 0.187. The van der Waals surface area contributed by atoms with Crippen LogP contribution in [-0.4, -0.2) is 49.2 Å². The van der Waals surface area contributed by atoms with Crippen LogP contribution in [0.5, 0.6) is 0 Å². The third-order valence-corrected chi connectivity index (χ3v) is 3.21. The Hall–Kier alpha value is -1.10. The standard InChI is InChI=1S/C11H17NO4/c1-2-8-7-9(13)16-10(8)11(14)12-3-5-15-6-4-12/h8,10H,2-7H2,1H3/t8-,10+/m1/s1. The van der Waals surface area contributed by atoms with Crippen LogP contribution in [0.1, 0.15) is 19.8 Å². The second-order valence-electron chi connectivity index (χ2n) is 4.22. The zero-order chi connectivity index (χ0) is 11.5. The first-order chi connectivity index (χ1) is 7.72. The van der Waals surface area contributed by atoms with E-state index in [1.54, 1.807) is 4.90 Å². The van der Waals surface area contributed by atoms with Gasteiger partial charge in [0.15, 0.2) is 6.10 Å². The van der Waals surface area contributed by atoms with Crippen LogP contribution in [0, 0.1) is 5.92 Å². The molecule has 0 aromatic rings. The van der Waals surface area contributed by atoms with Crippen molar-refractivity contribution >= 4 is 11.9 Å². The zero-order valence-corrected chi connectivity index (χ0v) is 9.48. The van der Waals surface area contributed by atoms with Crippen molar-refractivity contribution in [3.05, 3.63) is 0 Å². The van der Waals surface area contributed by atoms with Gasteiger partial charge in [0.05, 0.1) is 19.6 Å². The SMILES string of the molecule is CC[C@@H]1CC(=O)O[C@@H]1C(=O)N1CCOCC1. The molecule has 2 aliphatic rings. The Morgan fingerprint density at radius 3 is 2.75 bits per heavy atom. The summed E-state index contributed by atoms with van der Waals surface area (Å²) < 4.78 is 10.3. The summed E-state index contributed by atoms with van der Waals surface area (Å²) in [5.74, 6) is -0.262. The van der Waals surface area contributed by atoms with E-state index in [0.717, 1.165) is 6.42 Å². The third-order valence-electron chi connectivity index (χ3n) is 3.21. The summed E-state index contributed by atoms with van der Waals surface area (Å²) in [6, 6.07) is 0. The lowest BCUT2D eigenvalue weighted by atomic mass is 9.97. The van der Waals surface area contributed by atoms with E-state index in [9.17, 15) is 9.59 Å². The smallest absolute Gasteiger partial charge is 0.307 e. The van der Waals surface area contributed by atoms with Crippen LogP contribution < -0.4 is 0 Å². The zero-order valence-electron chi connectivity index (χ0n) is 9.48. The molecule has 2 fully saturated rings. The van der Waals surface area contributed by atoms with Gasteiger partial charge in [-0.2, -0.15) is 0 Å². The number of ether oxygens (including phenoxy) is 2. The van der Waals surface area contributed by atoms with Crippen LogP contribution in [-0.2, 0) is 19.1 Å². The fourth-order valence-corrected chi connectivity index (χ4v) is 2.18. The van der Waals surface area contributed by atoms with Gasteiger partial charge < -0.3 is 14.4 Å². The van der Waals surface area contributed by atoms with E-state index < -0.39 is 6.10 Å². The first kappa shape index (κ1) is 11.4. The lowest BCUT2D eigenvalue weighted by Crippen LogP contribution is -2.47. The maximum Gasteiger partial charge on any atom is 0.307 e.